The zero-order chi connectivity index (χ0) is 19.0. The minimum Gasteiger partial charge on any atom is -0.539 e. The molecular formula is C18H13ClN4O3S. The van der Waals surface area contributed by atoms with Crippen LogP contribution in [0.3, 0.4) is 0 Å². The summed E-state index contributed by atoms with van der Waals surface area (Å²) in [5.41, 5.74) is 2.89. The summed E-state index contributed by atoms with van der Waals surface area (Å²) < 4.78 is 5.88. The number of aromatic nitrogens is 4. The number of nitrogens with zero attached hydrogens (tertiary/aromatic N) is 3. The number of halogens is 1. The molecule has 4 aromatic rings. The highest BCUT2D eigenvalue weighted by atomic mass is 35.5. The van der Waals surface area contributed by atoms with Gasteiger partial charge in [-0.25, -0.2) is 4.98 Å². The number of carbonyl (C=O) groups is 1. The van der Waals surface area contributed by atoms with Crippen molar-refractivity contribution in [3.63, 3.8) is 0 Å². The number of carbonyl (C=O) groups excluding carboxylic acids is 1. The van der Waals surface area contributed by atoms with E-state index in [0.717, 1.165) is 16.6 Å². The van der Waals surface area contributed by atoms with Crippen molar-refractivity contribution >= 4 is 40.2 Å². The molecule has 9 heteroatoms. The van der Waals surface area contributed by atoms with Crippen LogP contribution in [0.5, 0.6) is 5.95 Å². The third kappa shape index (κ3) is 3.41. The first kappa shape index (κ1) is 17.6. The van der Waals surface area contributed by atoms with Crippen LogP contribution in [0.1, 0.15) is 16.1 Å². The van der Waals surface area contributed by atoms with Gasteiger partial charge in [0.1, 0.15) is 0 Å². The van der Waals surface area contributed by atoms with Crippen LogP contribution < -0.4 is 9.79 Å². The summed E-state index contributed by atoms with van der Waals surface area (Å²) in [7, 11) is 0. The number of H-pyrrole nitrogens is 1. The number of fused-ring (bicyclic) bond motifs is 1. The monoisotopic (exact) mass is 400 g/mol. The third-order valence-electron chi connectivity index (χ3n) is 3.98. The first-order valence-electron chi connectivity index (χ1n) is 7.99. The highest BCUT2D eigenvalue weighted by Crippen LogP contribution is 2.22. The van der Waals surface area contributed by atoms with Crippen LogP contribution in [-0.2, 0) is 0 Å². The van der Waals surface area contributed by atoms with E-state index >= 15 is 0 Å². The van der Waals surface area contributed by atoms with Crippen LogP contribution in [-0.4, -0.2) is 26.8 Å². The standard InChI is InChI=1S/C18H13ClN4O3S/c1-10-6-7-11(8-12(10)19)23-16(17(25)26-22-23)15(24)9-27-18-20-13-4-2-3-5-14(13)21-18/h2-8H,9H2,1H3,(H-,20,21,22,24,25). The molecule has 27 heavy (non-hydrogen) atoms. The highest BCUT2D eigenvalue weighted by molar-refractivity contribution is 7.99. The molecule has 0 fully saturated rings. The number of hydrogen-bond donors (Lipinski definition) is 1. The maximum atomic E-state index is 12.6. The number of benzene rings is 2. The number of aryl methyl sites for hydroxylation is 1. The summed E-state index contributed by atoms with van der Waals surface area (Å²) in [4.78, 5) is 20.2. The number of imidazole rings is 1. The molecule has 2 heterocycles. The van der Waals surface area contributed by atoms with Gasteiger partial charge < -0.3 is 14.6 Å². The summed E-state index contributed by atoms with van der Waals surface area (Å²) in [5.74, 6) is -1.19. The second-order valence-electron chi connectivity index (χ2n) is 5.83. The van der Waals surface area contributed by atoms with Crippen LogP contribution in [0.25, 0.3) is 16.7 Å². The van der Waals surface area contributed by atoms with Crippen LogP contribution in [0.15, 0.2) is 52.1 Å². The van der Waals surface area contributed by atoms with E-state index in [1.807, 2.05) is 31.2 Å². The summed E-state index contributed by atoms with van der Waals surface area (Å²) in [6.07, 6.45) is 0. The Morgan fingerprint density at radius 1 is 1.33 bits per heavy atom. The molecule has 136 valence electrons. The first-order valence-corrected chi connectivity index (χ1v) is 9.35. The fourth-order valence-electron chi connectivity index (χ4n) is 2.57. The van der Waals surface area contributed by atoms with Gasteiger partial charge in [0.25, 0.3) is 0 Å². The molecule has 0 bridgehead atoms. The summed E-state index contributed by atoms with van der Waals surface area (Å²) >= 11 is 7.34. The molecule has 0 radical (unpaired) electrons. The molecule has 0 spiro atoms. The Bertz CT molecular complexity index is 1120. The van der Waals surface area contributed by atoms with Gasteiger partial charge in [0, 0.05) is 12.1 Å². The maximum Gasteiger partial charge on any atom is 0.307 e. The minimum absolute atomic E-state index is 0.00979. The minimum atomic E-state index is -0.790. The van der Waals surface area contributed by atoms with Crippen molar-refractivity contribution in [1.82, 2.24) is 15.2 Å². The van der Waals surface area contributed by atoms with Gasteiger partial charge in [-0.3, -0.25) is 4.79 Å². The molecule has 2 aromatic carbocycles. The second-order valence-corrected chi connectivity index (χ2v) is 7.20. The average molecular weight is 401 g/mol. The van der Waals surface area contributed by atoms with Crippen molar-refractivity contribution in [2.24, 2.45) is 0 Å². The van der Waals surface area contributed by atoms with E-state index in [9.17, 15) is 9.90 Å². The normalized spacial score (nSPS) is 11.2. The molecule has 0 atom stereocenters. The van der Waals surface area contributed by atoms with E-state index < -0.39 is 11.7 Å². The molecular weight excluding hydrogens is 388 g/mol. The van der Waals surface area contributed by atoms with E-state index in [1.54, 1.807) is 18.2 Å². The number of ketones is 1. The molecule has 0 unspecified atom stereocenters. The smallest absolute Gasteiger partial charge is 0.307 e. The average Bonchev–Trinajstić information content (AvgIpc) is 3.25. The van der Waals surface area contributed by atoms with Gasteiger partial charge >= 0.3 is 5.69 Å². The number of nitrogens with one attached hydrogen (secondary N) is 1. The van der Waals surface area contributed by atoms with E-state index in [2.05, 4.69) is 15.2 Å². The number of para-hydroxylation sites is 2. The number of rotatable bonds is 5. The first-order chi connectivity index (χ1) is 13.0. The zero-order valence-electron chi connectivity index (χ0n) is 14.1. The fourth-order valence-corrected chi connectivity index (χ4v) is 3.49. The molecule has 1 N–H and O–H groups in total. The van der Waals surface area contributed by atoms with Crippen LogP contribution in [0.2, 0.25) is 5.02 Å². The van der Waals surface area contributed by atoms with E-state index in [-0.39, 0.29) is 11.4 Å². The molecule has 0 aliphatic carbocycles. The largest absolute Gasteiger partial charge is 0.539 e. The Morgan fingerprint density at radius 2 is 2.15 bits per heavy atom. The van der Waals surface area contributed by atoms with Crippen molar-refractivity contribution in [3.05, 3.63) is 58.7 Å². The number of thioether (sulfide) groups is 1. The molecule has 0 saturated heterocycles. The molecule has 0 amide bonds. The summed E-state index contributed by atoms with van der Waals surface area (Å²) in [6.45, 7) is 1.86. The van der Waals surface area contributed by atoms with Crippen molar-refractivity contribution in [2.75, 3.05) is 5.75 Å². The topological polar surface area (TPSA) is 98.7 Å². The van der Waals surface area contributed by atoms with Crippen molar-refractivity contribution in [2.45, 2.75) is 12.1 Å². The molecule has 7 nitrogen and oxygen atoms in total. The van der Waals surface area contributed by atoms with Crippen molar-refractivity contribution < 1.29 is 19.1 Å². The summed E-state index contributed by atoms with van der Waals surface area (Å²) in [6, 6.07) is 12.7. The molecule has 0 aliphatic rings. The Hall–Kier alpha value is -2.84. The SMILES string of the molecule is Cc1ccc(-[n+]2noc([O-])c2C(=O)CSc2nc3ccccc3[nH]2)cc1Cl. The molecule has 2 aromatic heterocycles. The quantitative estimate of drug-likeness (QED) is 0.314. The fraction of sp³-hybridized carbons (Fsp3) is 0.111. The Labute approximate surface area is 162 Å². The predicted octanol–water partition coefficient (Wildman–Crippen LogP) is 2.84. The van der Waals surface area contributed by atoms with Gasteiger partial charge in [-0.2, -0.15) is 0 Å². The lowest BCUT2D eigenvalue weighted by Gasteiger charge is -1.99. The number of hydrogen-bond acceptors (Lipinski definition) is 6. The summed E-state index contributed by atoms with van der Waals surface area (Å²) in [5, 5.41) is 16.8. The van der Waals surface area contributed by atoms with Gasteiger partial charge in [-0.1, -0.05) is 41.6 Å². The van der Waals surface area contributed by atoms with E-state index in [0.29, 0.717) is 15.9 Å². The molecule has 0 saturated carbocycles. The van der Waals surface area contributed by atoms with Gasteiger partial charge in [-0.15, -0.1) is 0 Å². The van der Waals surface area contributed by atoms with Gasteiger partial charge in [-0.05, 0) is 29.3 Å². The number of aromatic amines is 1. The van der Waals surface area contributed by atoms with Gasteiger partial charge in [0.05, 0.1) is 27.1 Å². The van der Waals surface area contributed by atoms with Crippen molar-refractivity contribution in [1.29, 1.82) is 0 Å². The van der Waals surface area contributed by atoms with Crippen LogP contribution in [0.4, 0.5) is 0 Å². The second kappa shape index (κ2) is 7.05. The highest BCUT2D eigenvalue weighted by Gasteiger charge is 2.28. The molecule has 4 rings (SSSR count). The van der Waals surface area contributed by atoms with Gasteiger partial charge in [0.15, 0.2) is 11.1 Å². The zero-order valence-corrected chi connectivity index (χ0v) is 15.7. The molecule has 0 aliphatic heterocycles. The Kier molecular flexibility index (Phi) is 4.59. The maximum absolute atomic E-state index is 12.6. The lowest BCUT2D eigenvalue weighted by atomic mass is 10.2. The van der Waals surface area contributed by atoms with E-state index in [1.165, 1.54) is 16.4 Å². The lowest BCUT2D eigenvalue weighted by molar-refractivity contribution is -0.672. The number of Topliss-reactive ketones (excluding diaryl/α,β-unsaturated/α-hetero) is 1. The Balaban J connectivity index is 1.58. The lowest BCUT2D eigenvalue weighted by Crippen LogP contribution is -2.39. The predicted molar refractivity (Wildman–Crippen MR) is 98.4 cm³/mol. The van der Waals surface area contributed by atoms with E-state index in [4.69, 9.17) is 16.1 Å². The van der Waals surface area contributed by atoms with Crippen LogP contribution >= 0.6 is 23.4 Å². The Morgan fingerprint density at radius 3 is 2.93 bits per heavy atom. The van der Waals surface area contributed by atoms with Crippen molar-refractivity contribution in [3.8, 4) is 11.6 Å². The third-order valence-corrected chi connectivity index (χ3v) is 5.26. The van der Waals surface area contributed by atoms with Gasteiger partial charge in [0.2, 0.25) is 11.5 Å². The van der Waals surface area contributed by atoms with Crippen LogP contribution in [0, 0.1) is 6.92 Å².